The zero-order chi connectivity index (χ0) is 13.7. The van der Waals surface area contributed by atoms with Crippen molar-refractivity contribution in [3.8, 4) is 0 Å². The van der Waals surface area contributed by atoms with Crippen LogP contribution in [0.2, 0.25) is 0 Å². The molecule has 0 bridgehead atoms. The Kier molecular flexibility index (Phi) is 5.40. The van der Waals surface area contributed by atoms with Gasteiger partial charge >= 0.3 is 12.0 Å². The van der Waals surface area contributed by atoms with E-state index >= 15 is 0 Å². The summed E-state index contributed by atoms with van der Waals surface area (Å²) in [6.07, 6.45) is 2.40. The van der Waals surface area contributed by atoms with Crippen molar-refractivity contribution in [2.24, 2.45) is 0 Å². The predicted molar refractivity (Wildman–Crippen MR) is 66.3 cm³/mol. The van der Waals surface area contributed by atoms with E-state index in [1.165, 1.54) is 9.80 Å². The summed E-state index contributed by atoms with van der Waals surface area (Å²) in [5, 5.41) is 18.5. The maximum Gasteiger partial charge on any atom is 0.326 e. The number of carbonyl (C=O) groups is 2. The fourth-order valence-corrected chi connectivity index (χ4v) is 2.17. The highest BCUT2D eigenvalue weighted by atomic mass is 16.4. The minimum absolute atomic E-state index is 0.105. The lowest BCUT2D eigenvalue weighted by Crippen LogP contribution is -2.47. The molecule has 0 spiro atoms. The molecule has 1 heterocycles. The number of β-amino-alcohol motifs (C(OH)–C–C–N with tert-alkyl or cyclic N) is 1. The van der Waals surface area contributed by atoms with Crippen LogP contribution in [-0.2, 0) is 4.79 Å². The second-order valence-electron chi connectivity index (χ2n) is 4.81. The number of nitrogens with zero attached hydrogens (tertiary/aromatic N) is 2. The molecule has 2 amide bonds. The predicted octanol–water partition coefficient (Wildman–Crippen LogP) is 0.748. The number of aliphatic hydroxyl groups is 1. The van der Waals surface area contributed by atoms with Crippen LogP contribution in [0, 0.1) is 0 Å². The number of carbonyl (C=O) groups excluding carboxylic acids is 1. The van der Waals surface area contributed by atoms with E-state index in [2.05, 4.69) is 6.92 Å². The highest BCUT2D eigenvalue weighted by Gasteiger charge is 2.39. The Hall–Kier alpha value is -1.30. The van der Waals surface area contributed by atoms with Crippen LogP contribution in [0.15, 0.2) is 0 Å². The van der Waals surface area contributed by atoms with Crippen LogP contribution >= 0.6 is 0 Å². The highest BCUT2D eigenvalue weighted by molar-refractivity contribution is 5.83. The number of amides is 2. The number of hydrogen-bond acceptors (Lipinski definition) is 3. The van der Waals surface area contributed by atoms with Gasteiger partial charge in [0.2, 0.25) is 0 Å². The molecule has 0 aliphatic carbocycles. The lowest BCUT2D eigenvalue weighted by molar-refractivity contribution is -0.141. The van der Waals surface area contributed by atoms with Crippen LogP contribution in [-0.4, -0.2) is 64.3 Å². The zero-order valence-electron chi connectivity index (χ0n) is 11.0. The molecule has 0 aromatic rings. The average Bonchev–Trinajstić information content (AvgIpc) is 2.70. The van der Waals surface area contributed by atoms with Gasteiger partial charge in [0.15, 0.2) is 0 Å². The number of hydrogen-bond donors (Lipinski definition) is 2. The zero-order valence-corrected chi connectivity index (χ0v) is 11.0. The first-order valence-corrected chi connectivity index (χ1v) is 6.40. The molecule has 18 heavy (non-hydrogen) atoms. The summed E-state index contributed by atoms with van der Waals surface area (Å²) < 4.78 is 0. The number of unbranched alkanes of at least 4 members (excludes halogenated alkanes) is 2. The third kappa shape index (κ3) is 3.60. The van der Waals surface area contributed by atoms with Gasteiger partial charge in [-0.25, -0.2) is 9.59 Å². The average molecular weight is 258 g/mol. The molecule has 6 heteroatoms. The smallest absolute Gasteiger partial charge is 0.326 e. The maximum atomic E-state index is 12.1. The van der Waals surface area contributed by atoms with Gasteiger partial charge in [-0.3, -0.25) is 0 Å². The van der Waals surface area contributed by atoms with Gasteiger partial charge in [0.25, 0.3) is 0 Å². The monoisotopic (exact) mass is 258 g/mol. The summed E-state index contributed by atoms with van der Waals surface area (Å²) in [7, 11) is 1.67. The minimum Gasteiger partial charge on any atom is -0.480 e. The molecule has 2 N–H and O–H groups in total. The highest BCUT2D eigenvalue weighted by Crippen LogP contribution is 2.19. The number of rotatable bonds is 5. The van der Waals surface area contributed by atoms with Gasteiger partial charge in [-0.15, -0.1) is 0 Å². The van der Waals surface area contributed by atoms with Crippen molar-refractivity contribution >= 4 is 12.0 Å². The Bertz CT molecular complexity index is 308. The Morgan fingerprint density at radius 2 is 2.06 bits per heavy atom. The number of likely N-dealkylation sites (tertiary alicyclic amines) is 1. The third-order valence-corrected chi connectivity index (χ3v) is 3.23. The first kappa shape index (κ1) is 14.8. The molecular weight excluding hydrogens is 236 g/mol. The third-order valence-electron chi connectivity index (χ3n) is 3.23. The number of carboxylic acid groups (broad SMARTS) is 1. The molecule has 0 saturated carbocycles. The molecule has 0 aromatic heterocycles. The summed E-state index contributed by atoms with van der Waals surface area (Å²) >= 11 is 0. The lowest BCUT2D eigenvalue weighted by Gasteiger charge is -2.27. The largest absolute Gasteiger partial charge is 0.480 e. The van der Waals surface area contributed by atoms with Gasteiger partial charge in [0, 0.05) is 26.6 Å². The van der Waals surface area contributed by atoms with E-state index < -0.39 is 18.1 Å². The van der Waals surface area contributed by atoms with Gasteiger partial charge in [-0.1, -0.05) is 19.8 Å². The molecule has 2 atom stereocenters. The Balaban J connectivity index is 2.56. The van der Waals surface area contributed by atoms with Crippen LogP contribution in [0.3, 0.4) is 0 Å². The van der Waals surface area contributed by atoms with Gasteiger partial charge in [0.05, 0.1) is 6.10 Å². The van der Waals surface area contributed by atoms with Crippen LogP contribution in [0.4, 0.5) is 4.79 Å². The van der Waals surface area contributed by atoms with Crippen molar-refractivity contribution in [1.82, 2.24) is 9.80 Å². The summed E-state index contributed by atoms with van der Waals surface area (Å²) in [5.41, 5.74) is 0. The van der Waals surface area contributed by atoms with Crippen LogP contribution in [0.25, 0.3) is 0 Å². The van der Waals surface area contributed by atoms with E-state index in [4.69, 9.17) is 5.11 Å². The second kappa shape index (κ2) is 6.58. The van der Waals surface area contributed by atoms with Gasteiger partial charge in [-0.2, -0.15) is 0 Å². The van der Waals surface area contributed by atoms with Gasteiger partial charge in [0.1, 0.15) is 6.04 Å². The molecule has 1 fully saturated rings. The molecule has 1 saturated heterocycles. The normalized spacial score (nSPS) is 23.2. The van der Waals surface area contributed by atoms with Crippen molar-refractivity contribution in [2.75, 3.05) is 20.1 Å². The van der Waals surface area contributed by atoms with Crippen molar-refractivity contribution in [1.29, 1.82) is 0 Å². The second-order valence-corrected chi connectivity index (χ2v) is 4.81. The van der Waals surface area contributed by atoms with Crippen molar-refractivity contribution in [2.45, 2.75) is 44.8 Å². The number of urea groups is 1. The summed E-state index contributed by atoms with van der Waals surface area (Å²) in [4.78, 5) is 25.9. The Morgan fingerprint density at radius 1 is 1.39 bits per heavy atom. The van der Waals surface area contributed by atoms with Crippen molar-refractivity contribution in [3.05, 3.63) is 0 Å². The van der Waals surface area contributed by atoms with Crippen molar-refractivity contribution in [3.63, 3.8) is 0 Å². The molecule has 0 unspecified atom stereocenters. The van der Waals surface area contributed by atoms with Crippen LogP contribution < -0.4 is 0 Å². The molecule has 1 aliphatic rings. The molecule has 6 nitrogen and oxygen atoms in total. The summed E-state index contributed by atoms with van der Waals surface area (Å²) in [6.45, 7) is 2.80. The van der Waals surface area contributed by atoms with Crippen LogP contribution in [0.5, 0.6) is 0 Å². The summed E-state index contributed by atoms with van der Waals surface area (Å²) in [6, 6.07) is -1.21. The van der Waals surface area contributed by atoms with E-state index in [1.807, 2.05) is 0 Å². The van der Waals surface area contributed by atoms with Crippen molar-refractivity contribution < 1.29 is 19.8 Å². The quantitative estimate of drug-likeness (QED) is 0.713. The molecule has 0 aromatic carbocycles. The fourth-order valence-electron chi connectivity index (χ4n) is 2.17. The fraction of sp³-hybridized carbons (Fsp3) is 0.833. The number of aliphatic carboxylic acids is 1. The van der Waals surface area contributed by atoms with E-state index in [9.17, 15) is 14.7 Å². The SMILES string of the molecule is CCCCCN(C)C(=O)N1C[C@@H](O)C[C@H]1C(=O)O. The van der Waals surface area contributed by atoms with Gasteiger partial charge in [-0.05, 0) is 6.42 Å². The topological polar surface area (TPSA) is 81.1 Å². The van der Waals surface area contributed by atoms with Crippen LogP contribution in [0.1, 0.15) is 32.6 Å². The number of carboxylic acids is 1. The molecule has 1 aliphatic heterocycles. The van der Waals surface area contributed by atoms with E-state index in [0.717, 1.165) is 19.3 Å². The maximum absolute atomic E-state index is 12.1. The van der Waals surface area contributed by atoms with E-state index in [0.29, 0.717) is 6.54 Å². The van der Waals surface area contributed by atoms with E-state index in [1.54, 1.807) is 7.05 Å². The minimum atomic E-state index is -1.05. The molecule has 0 radical (unpaired) electrons. The Morgan fingerprint density at radius 3 is 2.61 bits per heavy atom. The first-order chi connectivity index (χ1) is 8.47. The van der Waals surface area contributed by atoms with Gasteiger partial charge < -0.3 is 20.0 Å². The first-order valence-electron chi connectivity index (χ1n) is 6.40. The molecular formula is C12H22N2O4. The molecule has 104 valence electrons. The van der Waals surface area contributed by atoms with E-state index in [-0.39, 0.29) is 19.0 Å². The number of aliphatic hydroxyl groups excluding tert-OH is 1. The summed E-state index contributed by atoms with van der Waals surface area (Å²) in [5.74, 6) is -1.05. The standard InChI is InChI=1S/C12H22N2O4/c1-3-4-5-6-13(2)12(18)14-8-9(15)7-10(14)11(16)17/h9-10,15H,3-8H2,1-2H3,(H,16,17)/t9-,10-/m0/s1. The molecule has 1 rings (SSSR count). The lowest BCUT2D eigenvalue weighted by atomic mass is 10.2. The Labute approximate surface area is 107 Å².